The molecule has 2 N–H and O–H groups in total. The number of carbonyl (C=O) groups excluding carboxylic acids is 1. The van der Waals surface area contributed by atoms with E-state index in [-0.39, 0.29) is 11.7 Å². The zero-order chi connectivity index (χ0) is 11.1. The Bertz CT molecular complexity index is 330. The number of hydrogen-bond donors (Lipinski definition) is 2. The predicted octanol–water partition coefficient (Wildman–Crippen LogP) is 1.16. The van der Waals surface area contributed by atoms with Crippen molar-refractivity contribution in [1.29, 1.82) is 0 Å². The second-order valence-corrected chi connectivity index (χ2v) is 2.96. The van der Waals surface area contributed by atoms with Gasteiger partial charge in [-0.15, -0.1) is 0 Å². The van der Waals surface area contributed by atoms with E-state index in [4.69, 9.17) is 0 Å². The van der Waals surface area contributed by atoms with E-state index in [0.717, 1.165) is 0 Å². The van der Waals surface area contributed by atoms with E-state index in [0.29, 0.717) is 19.5 Å². The van der Waals surface area contributed by atoms with E-state index < -0.39 is 5.82 Å². The van der Waals surface area contributed by atoms with Crippen molar-refractivity contribution in [2.24, 2.45) is 0 Å². The number of anilines is 1. The molecule has 4 nitrogen and oxygen atoms in total. The Morgan fingerprint density at radius 1 is 1.60 bits per heavy atom. The fourth-order valence-corrected chi connectivity index (χ4v) is 1.10. The van der Waals surface area contributed by atoms with Crippen LogP contribution in [0.4, 0.5) is 10.2 Å². The van der Waals surface area contributed by atoms with Gasteiger partial charge in [-0.3, -0.25) is 4.79 Å². The number of nitrogens with zero attached hydrogens (tertiary/aromatic N) is 1. The van der Waals surface area contributed by atoms with Gasteiger partial charge in [0, 0.05) is 25.7 Å². The zero-order valence-corrected chi connectivity index (χ0v) is 8.59. The standard InChI is InChI=1S/C10H14FN3O/c1-2-12-9(15)5-7-14-10-8(11)4-3-6-13-10/h3-4,6H,2,5,7H2,1H3,(H,12,15)(H,13,14). The summed E-state index contributed by atoms with van der Waals surface area (Å²) in [5.74, 6) is -0.281. The minimum atomic E-state index is -0.409. The lowest BCUT2D eigenvalue weighted by molar-refractivity contribution is -0.120. The topological polar surface area (TPSA) is 54.0 Å². The van der Waals surface area contributed by atoms with Crippen molar-refractivity contribution in [3.8, 4) is 0 Å². The summed E-state index contributed by atoms with van der Waals surface area (Å²) in [6.45, 7) is 2.83. The molecule has 0 saturated carbocycles. The van der Waals surface area contributed by atoms with Crippen molar-refractivity contribution in [1.82, 2.24) is 10.3 Å². The van der Waals surface area contributed by atoms with Gasteiger partial charge in [-0.1, -0.05) is 0 Å². The molecule has 1 rings (SSSR count). The average molecular weight is 211 g/mol. The van der Waals surface area contributed by atoms with Crippen molar-refractivity contribution >= 4 is 11.7 Å². The van der Waals surface area contributed by atoms with Gasteiger partial charge in [-0.05, 0) is 19.1 Å². The fraction of sp³-hybridized carbons (Fsp3) is 0.400. The molecule has 5 heteroatoms. The third-order valence-corrected chi connectivity index (χ3v) is 1.78. The highest BCUT2D eigenvalue weighted by atomic mass is 19.1. The van der Waals surface area contributed by atoms with Crippen LogP contribution in [0, 0.1) is 5.82 Å². The molecule has 0 aliphatic heterocycles. The summed E-state index contributed by atoms with van der Waals surface area (Å²) >= 11 is 0. The van der Waals surface area contributed by atoms with Crippen LogP contribution in [-0.2, 0) is 4.79 Å². The second-order valence-electron chi connectivity index (χ2n) is 2.96. The maximum absolute atomic E-state index is 13.0. The molecule has 15 heavy (non-hydrogen) atoms. The summed E-state index contributed by atoms with van der Waals surface area (Å²) < 4.78 is 13.0. The average Bonchev–Trinajstić information content (AvgIpc) is 2.21. The SMILES string of the molecule is CCNC(=O)CCNc1ncccc1F. The van der Waals surface area contributed by atoms with E-state index in [1.807, 2.05) is 6.92 Å². The van der Waals surface area contributed by atoms with Gasteiger partial charge >= 0.3 is 0 Å². The Morgan fingerprint density at radius 2 is 2.40 bits per heavy atom. The third kappa shape index (κ3) is 3.93. The molecule has 1 amide bonds. The Hall–Kier alpha value is -1.65. The van der Waals surface area contributed by atoms with E-state index in [1.54, 1.807) is 0 Å². The van der Waals surface area contributed by atoms with Crippen LogP contribution in [0.5, 0.6) is 0 Å². The summed E-state index contributed by atoms with van der Waals surface area (Å²) in [5.41, 5.74) is 0. The maximum atomic E-state index is 13.0. The van der Waals surface area contributed by atoms with Crippen LogP contribution < -0.4 is 10.6 Å². The van der Waals surface area contributed by atoms with Crippen LogP contribution in [0.3, 0.4) is 0 Å². The summed E-state index contributed by atoms with van der Waals surface area (Å²) in [7, 11) is 0. The molecular weight excluding hydrogens is 197 g/mol. The van der Waals surface area contributed by atoms with E-state index in [2.05, 4.69) is 15.6 Å². The van der Waals surface area contributed by atoms with E-state index in [1.165, 1.54) is 18.3 Å². The highest BCUT2D eigenvalue weighted by molar-refractivity contribution is 5.76. The molecule has 1 heterocycles. The van der Waals surface area contributed by atoms with Crippen molar-refractivity contribution < 1.29 is 9.18 Å². The number of aromatic nitrogens is 1. The van der Waals surface area contributed by atoms with Crippen molar-refractivity contribution in [2.75, 3.05) is 18.4 Å². The molecule has 0 fully saturated rings. The first kappa shape index (κ1) is 11.4. The van der Waals surface area contributed by atoms with E-state index in [9.17, 15) is 9.18 Å². The lowest BCUT2D eigenvalue weighted by Crippen LogP contribution is -2.25. The monoisotopic (exact) mass is 211 g/mol. The maximum Gasteiger partial charge on any atom is 0.221 e. The second kappa shape index (κ2) is 5.95. The molecule has 0 radical (unpaired) electrons. The van der Waals surface area contributed by atoms with Gasteiger partial charge in [0.2, 0.25) is 5.91 Å². The Morgan fingerprint density at radius 3 is 3.07 bits per heavy atom. The fourth-order valence-electron chi connectivity index (χ4n) is 1.10. The molecule has 0 aliphatic rings. The molecule has 0 aliphatic carbocycles. The largest absolute Gasteiger partial charge is 0.367 e. The summed E-state index contributed by atoms with van der Waals surface area (Å²) in [6.07, 6.45) is 1.81. The first-order valence-corrected chi connectivity index (χ1v) is 4.85. The van der Waals surface area contributed by atoms with Gasteiger partial charge in [0.1, 0.15) is 0 Å². The molecule has 0 unspecified atom stereocenters. The third-order valence-electron chi connectivity index (χ3n) is 1.78. The smallest absolute Gasteiger partial charge is 0.221 e. The summed E-state index contributed by atoms with van der Waals surface area (Å²) in [6, 6.07) is 2.84. The van der Waals surface area contributed by atoms with Gasteiger partial charge in [-0.2, -0.15) is 0 Å². The van der Waals surface area contributed by atoms with Gasteiger partial charge in [0.05, 0.1) is 0 Å². The highest BCUT2D eigenvalue weighted by Crippen LogP contribution is 2.07. The van der Waals surface area contributed by atoms with E-state index >= 15 is 0 Å². The predicted molar refractivity (Wildman–Crippen MR) is 56.0 cm³/mol. The Balaban J connectivity index is 2.32. The lowest BCUT2D eigenvalue weighted by atomic mass is 10.3. The molecular formula is C10H14FN3O. The summed E-state index contributed by atoms with van der Waals surface area (Å²) in [5, 5.41) is 5.41. The number of rotatable bonds is 5. The number of halogens is 1. The van der Waals surface area contributed by atoms with Crippen LogP contribution in [0.15, 0.2) is 18.3 Å². The molecule has 0 saturated heterocycles. The quantitative estimate of drug-likeness (QED) is 0.768. The first-order chi connectivity index (χ1) is 7.24. The van der Waals surface area contributed by atoms with Gasteiger partial charge < -0.3 is 10.6 Å². The van der Waals surface area contributed by atoms with Gasteiger partial charge in [0.25, 0.3) is 0 Å². The summed E-state index contributed by atoms with van der Waals surface area (Å²) in [4.78, 5) is 14.9. The van der Waals surface area contributed by atoms with Crippen molar-refractivity contribution in [3.63, 3.8) is 0 Å². The highest BCUT2D eigenvalue weighted by Gasteiger charge is 2.02. The number of hydrogen-bond acceptors (Lipinski definition) is 3. The van der Waals surface area contributed by atoms with Crippen molar-refractivity contribution in [3.05, 3.63) is 24.1 Å². The number of pyridine rings is 1. The molecule has 1 aromatic heterocycles. The first-order valence-electron chi connectivity index (χ1n) is 4.85. The van der Waals surface area contributed by atoms with Gasteiger partial charge in [-0.25, -0.2) is 9.37 Å². The van der Waals surface area contributed by atoms with Crippen LogP contribution >= 0.6 is 0 Å². The Labute approximate surface area is 87.9 Å². The number of amides is 1. The number of carbonyl (C=O) groups is 1. The minimum absolute atomic E-state index is 0.0543. The van der Waals surface area contributed by atoms with Crippen LogP contribution in [-0.4, -0.2) is 24.0 Å². The molecule has 0 spiro atoms. The van der Waals surface area contributed by atoms with Crippen LogP contribution in [0.1, 0.15) is 13.3 Å². The molecule has 0 atom stereocenters. The number of nitrogens with one attached hydrogen (secondary N) is 2. The lowest BCUT2D eigenvalue weighted by Gasteiger charge is -2.05. The molecule has 0 bridgehead atoms. The normalized spacial score (nSPS) is 9.73. The Kier molecular flexibility index (Phi) is 4.53. The molecule has 82 valence electrons. The minimum Gasteiger partial charge on any atom is -0.367 e. The van der Waals surface area contributed by atoms with Crippen LogP contribution in [0.2, 0.25) is 0 Å². The van der Waals surface area contributed by atoms with Crippen LogP contribution in [0.25, 0.3) is 0 Å². The zero-order valence-electron chi connectivity index (χ0n) is 8.59. The van der Waals surface area contributed by atoms with Gasteiger partial charge in [0.15, 0.2) is 11.6 Å². The molecule has 0 aromatic carbocycles. The molecule has 1 aromatic rings. The van der Waals surface area contributed by atoms with Crippen molar-refractivity contribution in [2.45, 2.75) is 13.3 Å².